The lowest BCUT2D eigenvalue weighted by Gasteiger charge is -2.14. The minimum Gasteiger partial charge on any atom is -0.394 e. The van der Waals surface area contributed by atoms with Crippen molar-refractivity contribution in [2.75, 3.05) is 17.2 Å². The Morgan fingerprint density at radius 3 is 2.62 bits per heavy atom. The lowest BCUT2D eigenvalue weighted by Crippen LogP contribution is -2.21. The number of halogens is 2. The molecule has 0 amide bonds. The number of benzene rings is 1. The first-order valence-corrected chi connectivity index (χ1v) is 8.32. The number of anilines is 3. The Bertz CT molecular complexity index is 894. The molecule has 1 aromatic carbocycles. The van der Waals surface area contributed by atoms with Gasteiger partial charge in [-0.1, -0.05) is 11.6 Å². The molecule has 26 heavy (non-hydrogen) atoms. The molecule has 0 fully saturated rings. The van der Waals surface area contributed by atoms with Gasteiger partial charge in [-0.15, -0.1) is 0 Å². The van der Waals surface area contributed by atoms with Gasteiger partial charge in [0.25, 0.3) is 0 Å². The van der Waals surface area contributed by atoms with E-state index in [0.717, 1.165) is 5.56 Å². The first kappa shape index (κ1) is 18.0. The Kier molecular flexibility index (Phi) is 5.60. The minimum atomic E-state index is -0.417. The van der Waals surface area contributed by atoms with Crippen LogP contribution in [0.2, 0.25) is 5.02 Å². The second-order valence-corrected chi connectivity index (χ2v) is 6.08. The summed E-state index contributed by atoms with van der Waals surface area (Å²) in [5.41, 5.74) is 2.04. The highest BCUT2D eigenvalue weighted by Gasteiger charge is 2.11. The van der Waals surface area contributed by atoms with Crippen LogP contribution in [0.25, 0.3) is 11.3 Å². The second kappa shape index (κ2) is 8.07. The van der Waals surface area contributed by atoms with E-state index in [9.17, 15) is 9.50 Å². The molecule has 0 saturated carbocycles. The van der Waals surface area contributed by atoms with Gasteiger partial charge in [-0.3, -0.25) is 4.98 Å². The van der Waals surface area contributed by atoms with Crippen molar-refractivity contribution in [1.82, 2.24) is 15.0 Å². The van der Waals surface area contributed by atoms with Crippen molar-refractivity contribution in [2.45, 2.75) is 13.0 Å². The van der Waals surface area contributed by atoms with Gasteiger partial charge in [0.2, 0.25) is 5.95 Å². The molecule has 8 heteroatoms. The van der Waals surface area contributed by atoms with Crippen LogP contribution in [0.15, 0.2) is 48.8 Å². The topological polar surface area (TPSA) is 83.0 Å². The Balaban J connectivity index is 1.98. The number of hydrogen-bond donors (Lipinski definition) is 3. The van der Waals surface area contributed by atoms with Crippen LogP contribution in [-0.4, -0.2) is 32.7 Å². The number of aliphatic hydroxyl groups excluding tert-OH is 1. The van der Waals surface area contributed by atoms with Gasteiger partial charge < -0.3 is 15.7 Å². The summed E-state index contributed by atoms with van der Waals surface area (Å²) >= 11 is 6.08. The third kappa shape index (κ3) is 4.44. The Labute approximate surface area is 155 Å². The number of hydrogen-bond acceptors (Lipinski definition) is 6. The molecule has 1 atom stereocenters. The van der Waals surface area contributed by atoms with Crippen molar-refractivity contribution in [1.29, 1.82) is 0 Å². The monoisotopic (exact) mass is 373 g/mol. The predicted molar refractivity (Wildman–Crippen MR) is 100 cm³/mol. The molecule has 0 aliphatic carbocycles. The average molecular weight is 374 g/mol. The van der Waals surface area contributed by atoms with Gasteiger partial charge in [0.1, 0.15) is 11.6 Å². The molecule has 3 aromatic rings. The van der Waals surface area contributed by atoms with Gasteiger partial charge in [-0.05, 0) is 37.3 Å². The number of nitrogens with zero attached hydrogens (tertiary/aromatic N) is 3. The summed E-state index contributed by atoms with van der Waals surface area (Å²) in [7, 11) is 0. The van der Waals surface area contributed by atoms with Gasteiger partial charge in [0, 0.05) is 30.1 Å². The fourth-order valence-corrected chi connectivity index (χ4v) is 2.46. The summed E-state index contributed by atoms with van der Waals surface area (Å²) in [5.74, 6) is 0.411. The fraction of sp³-hybridized carbons (Fsp3) is 0.167. The molecular weight excluding hydrogens is 357 g/mol. The molecule has 2 aromatic heterocycles. The van der Waals surface area contributed by atoms with Crippen molar-refractivity contribution in [2.24, 2.45) is 0 Å². The summed E-state index contributed by atoms with van der Waals surface area (Å²) in [6.07, 6.45) is 3.34. The maximum atomic E-state index is 13.2. The first-order chi connectivity index (χ1) is 12.5. The zero-order valence-electron chi connectivity index (χ0n) is 13.9. The molecule has 3 N–H and O–H groups in total. The second-order valence-electron chi connectivity index (χ2n) is 5.68. The number of aromatic nitrogens is 3. The molecule has 0 radical (unpaired) electrons. The minimum absolute atomic E-state index is 0.0601. The van der Waals surface area contributed by atoms with E-state index >= 15 is 0 Å². The quantitative estimate of drug-likeness (QED) is 0.608. The standard InChI is InChI=1S/C18H17ClFN5O/c1-11(10-26)22-18-24-16(12-4-6-21-7-5-12)9-17(25-18)23-15-3-2-13(20)8-14(15)19/h2-9,11,26H,10H2,1H3,(H2,22,23,24,25)/t11-/m1/s1. The highest BCUT2D eigenvalue weighted by molar-refractivity contribution is 6.33. The third-order valence-electron chi connectivity index (χ3n) is 3.55. The van der Waals surface area contributed by atoms with Crippen LogP contribution in [-0.2, 0) is 0 Å². The highest BCUT2D eigenvalue weighted by Crippen LogP contribution is 2.28. The van der Waals surface area contributed by atoms with Gasteiger partial charge in [0.15, 0.2) is 0 Å². The summed E-state index contributed by atoms with van der Waals surface area (Å²) in [6.45, 7) is 1.75. The van der Waals surface area contributed by atoms with Crippen molar-refractivity contribution in [3.05, 3.63) is 59.6 Å². The van der Waals surface area contributed by atoms with E-state index in [1.807, 2.05) is 19.1 Å². The predicted octanol–water partition coefficient (Wildman–Crippen LogP) is 3.87. The van der Waals surface area contributed by atoms with Crippen molar-refractivity contribution >= 4 is 29.1 Å². The number of rotatable bonds is 6. The van der Waals surface area contributed by atoms with E-state index in [1.54, 1.807) is 18.5 Å². The van der Waals surface area contributed by atoms with E-state index in [4.69, 9.17) is 11.6 Å². The summed E-state index contributed by atoms with van der Waals surface area (Å²) in [4.78, 5) is 12.9. The smallest absolute Gasteiger partial charge is 0.225 e. The van der Waals surface area contributed by atoms with Crippen LogP contribution in [0.5, 0.6) is 0 Å². The van der Waals surface area contributed by atoms with Crippen molar-refractivity contribution in [3.63, 3.8) is 0 Å². The SMILES string of the molecule is C[C@H](CO)Nc1nc(Nc2ccc(F)cc2Cl)cc(-c2ccncc2)n1. The summed E-state index contributed by atoms with van der Waals surface area (Å²) in [5, 5.41) is 15.6. The summed E-state index contributed by atoms with van der Waals surface area (Å²) < 4.78 is 13.2. The molecule has 0 aliphatic heterocycles. The van der Waals surface area contributed by atoms with Gasteiger partial charge in [-0.25, -0.2) is 9.37 Å². The number of nitrogens with one attached hydrogen (secondary N) is 2. The molecule has 0 saturated heterocycles. The van der Waals surface area contributed by atoms with Gasteiger partial charge >= 0.3 is 0 Å². The zero-order chi connectivity index (χ0) is 18.5. The van der Waals surface area contributed by atoms with E-state index in [0.29, 0.717) is 23.1 Å². The normalized spacial score (nSPS) is 11.8. The van der Waals surface area contributed by atoms with Crippen LogP contribution in [0.1, 0.15) is 6.92 Å². The average Bonchev–Trinajstić information content (AvgIpc) is 2.64. The van der Waals surface area contributed by atoms with E-state index in [2.05, 4.69) is 25.6 Å². The maximum Gasteiger partial charge on any atom is 0.225 e. The van der Waals surface area contributed by atoms with Crippen LogP contribution in [0.3, 0.4) is 0 Å². The van der Waals surface area contributed by atoms with Crippen LogP contribution in [0, 0.1) is 5.82 Å². The summed E-state index contributed by atoms with van der Waals surface area (Å²) in [6, 6.07) is 9.27. The number of pyridine rings is 1. The van der Waals surface area contributed by atoms with Crippen LogP contribution >= 0.6 is 11.6 Å². The van der Waals surface area contributed by atoms with E-state index < -0.39 is 5.82 Å². The molecule has 0 spiro atoms. The fourth-order valence-electron chi connectivity index (χ4n) is 2.24. The van der Waals surface area contributed by atoms with Gasteiger partial charge in [-0.2, -0.15) is 4.98 Å². The first-order valence-electron chi connectivity index (χ1n) is 7.94. The Hall–Kier alpha value is -2.77. The molecule has 134 valence electrons. The molecule has 0 unspecified atom stereocenters. The maximum absolute atomic E-state index is 13.2. The highest BCUT2D eigenvalue weighted by atomic mass is 35.5. The number of aliphatic hydroxyl groups is 1. The van der Waals surface area contributed by atoms with Crippen molar-refractivity contribution in [3.8, 4) is 11.3 Å². The molecule has 6 nitrogen and oxygen atoms in total. The van der Waals surface area contributed by atoms with E-state index in [1.165, 1.54) is 18.2 Å². The van der Waals surface area contributed by atoms with Crippen LogP contribution < -0.4 is 10.6 Å². The van der Waals surface area contributed by atoms with E-state index in [-0.39, 0.29) is 17.7 Å². The molecule has 0 aliphatic rings. The molecule has 0 bridgehead atoms. The van der Waals surface area contributed by atoms with Crippen molar-refractivity contribution < 1.29 is 9.50 Å². The largest absolute Gasteiger partial charge is 0.394 e. The lowest BCUT2D eigenvalue weighted by atomic mass is 10.2. The third-order valence-corrected chi connectivity index (χ3v) is 3.86. The zero-order valence-corrected chi connectivity index (χ0v) is 14.7. The van der Waals surface area contributed by atoms with Crippen LogP contribution in [0.4, 0.5) is 21.8 Å². The molecule has 3 rings (SSSR count). The Morgan fingerprint density at radius 2 is 1.92 bits per heavy atom. The Morgan fingerprint density at radius 1 is 1.15 bits per heavy atom. The van der Waals surface area contributed by atoms with Gasteiger partial charge in [0.05, 0.1) is 23.0 Å². The molecule has 2 heterocycles. The molecular formula is C18H17ClFN5O. The lowest BCUT2D eigenvalue weighted by molar-refractivity contribution is 0.281.